The van der Waals surface area contributed by atoms with E-state index in [0.717, 1.165) is 6.07 Å². The minimum absolute atomic E-state index is 0.0140. The molecule has 0 radical (unpaired) electrons. The van der Waals surface area contributed by atoms with Gasteiger partial charge in [0.2, 0.25) is 0 Å². The second kappa shape index (κ2) is 5.75. The molecule has 0 aliphatic heterocycles. The monoisotopic (exact) mass is 281 g/mol. The quantitative estimate of drug-likeness (QED) is 0.813. The van der Waals surface area contributed by atoms with Gasteiger partial charge in [0.1, 0.15) is 0 Å². The van der Waals surface area contributed by atoms with Gasteiger partial charge >= 0.3 is 6.18 Å². The van der Waals surface area contributed by atoms with E-state index in [2.05, 4.69) is 5.32 Å². The Kier molecular flexibility index (Phi) is 4.75. The lowest BCUT2D eigenvalue weighted by Crippen LogP contribution is -2.47. The van der Waals surface area contributed by atoms with E-state index in [-0.39, 0.29) is 11.3 Å². The predicted octanol–water partition coefficient (Wildman–Crippen LogP) is 2.19. The van der Waals surface area contributed by atoms with E-state index in [0.29, 0.717) is 0 Å². The van der Waals surface area contributed by atoms with Crippen molar-refractivity contribution in [3.05, 3.63) is 29.6 Å². The molecule has 0 aromatic heterocycles. The average molecular weight is 281 g/mol. The van der Waals surface area contributed by atoms with E-state index in [9.17, 15) is 22.7 Å². The minimum Gasteiger partial charge on any atom is -0.494 e. The molecule has 1 unspecified atom stereocenters. The van der Waals surface area contributed by atoms with Gasteiger partial charge in [-0.2, -0.15) is 13.2 Å². The number of aliphatic hydroxyl groups excluding tert-OH is 1. The highest BCUT2D eigenvalue weighted by molar-refractivity contribution is 5.33. The van der Waals surface area contributed by atoms with Crippen LogP contribution in [-0.4, -0.2) is 31.5 Å². The molecule has 2 N–H and O–H groups in total. The van der Waals surface area contributed by atoms with Crippen molar-refractivity contribution >= 4 is 0 Å². The maximum atomic E-state index is 13.5. The van der Waals surface area contributed by atoms with Crippen LogP contribution in [-0.2, 0) is 5.54 Å². The van der Waals surface area contributed by atoms with Gasteiger partial charge in [-0.25, -0.2) is 4.39 Å². The van der Waals surface area contributed by atoms with Crippen LogP contribution in [0.1, 0.15) is 12.5 Å². The Labute approximate surface area is 108 Å². The van der Waals surface area contributed by atoms with Crippen LogP contribution in [0.5, 0.6) is 5.75 Å². The third-order valence-corrected chi connectivity index (χ3v) is 2.78. The zero-order chi connectivity index (χ0) is 14.7. The molecule has 0 aliphatic rings. The van der Waals surface area contributed by atoms with E-state index < -0.39 is 30.7 Å². The maximum absolute atomic E-state index is 13.5. The molecule has 108 valence electrons. The smallest absolute Gasteiger partial charge is 0.401 e. The molecular weight excluding hydrogens is 266 g/mol. The van der Waals surface area contributed by atoms with Gasteiger partial charge in [-0.15, -0.1) is 0 Å². The Balaban J connectivity index is 2.98. The number of alkyl halides is 3. The van der Waals surface area contributed by atoms with Crippen LogP contribution in [0.25, 0.3) is 0 Å². The zero-order valence-corrected chi connectivity index (χ0v) is 10.5. The summed E-state index contributed by atoms with van der Waals surface area (Å²) in [6.07, 6.45) is -4.42. The molecule has 0 aliphatic carbocycles. The summed E-state index contributed by atoms with van der Waals surface area (Å²) in [5.74, 6) is -0.714. The Bertz CT molecular complexity index is 436. The number of hydrogen-bond donors (Lipinski definition) is 2. The fourth-order valence-corrected chi connectivity index (χ4v) is 1.55. The number of halogens is 4. The Morgan fingerprint density at radius 1 is 1.32 bits per heavy atom. The van der Waals surface area contributed by atoms with Gasteiger partial charge in [0, 0.05) is 0 Å². The van der Waals surface area contributed by atoms with Gasteiger partial charge < -0.3 is 9.84 Å². The molecule has 1 atom stereocenters. The summed E-state index contributed by atoms with van der Waals surface area (Å²) in [6, 6.07) is 3.74. The third kappa shape index (κ3) is 4.07. The summed E-state index contributed by atoms with van der Waals surface area (Å²) in [4.78, 5) is 0. The fourth-order valence-electron chi connectivity index (χ4n) is 1.55. The predicted molar refractivity (Wildman–Crippen MR) is 61.4 cm³/mol. The summed E-state index contributed by atoms with van der Waals surface area (Å²) in [5, 5.41) is 11.5. The fraction of sp³-hybridized carbons (Fsp3) is 0.500. The Hall–Kier alpha value is -1.34. The van der Waals surface area contributed by atoms with Crippen molar-refractivity contribution in [1.29, 1.82) is 0 Å². The van der Waals surface area contributed by atoms with Crippen molar-refractivity contribution in [1.82, 2.24) is 5.32 Å². The minimum atomic E-state index is -4.42. The molecule has 7 heteroatoms. The number of hydrogen-bond acceptors (Lipinski definition) is 3. The summed E-state index contributed by atoms with van der Waals surface area (Å²) >= 11 is 0. The van der Waals surface area contributed by atoms with Crippen LogP contribution < -0.4 is 10.1 Å². The second-order valence-electron chi connectivity index (χ2n) is 4.31. The van der Waals surface area contributed by atoms with Crippen LogP contribution >= 0.6 is 0 Å². The van der Waals surface area contributed by atoms with Gasteiger partial charge in [-0.3, -0.25) is 5.32 Å². The molecule has 0 bridgehead atoms. The van der Waals surface area contributed by atoms with Gasteiger partial charge in [-0.1, -0.05) is 6.07 Å². The lowest BCUT2D eigenvalue weighted by atomic mass is 9.92. The molecule has 0 saturated carbocycles. The molecule has 0 fully saturated rings. The molecule has 1 rings (SSSR count). The number of nitrogens with one attached hydrogen (secondary N) is 1. The van der Waals surface area contributed by atoms with Crippen LogP contribution in [0.2, 0.25) is 0 Å². The summed E-state index contributed by atoms with van der Waals surface area (Å²) < 4.78 is 54.9. The normalized spacial score (nSPS) is 15.1. The van der Waals surface area contributed by atoms with Gasteiger partial charge in [0.05, 0.1) is 25.8 Å². The Morgan fingerprint density at radius 3 is 2.37 bits per heavy atom. The van der Waals surface area contributed by atoms with E-state index in [1.54, 1.807) is 0 Å². The third-order valence-electron chi connectivity index (χ3n) is 2.78. The molecule has 1 aromatic rings. The first kappa shape index (κ1) is 15.7. The molecule has 3 nitrogen and oxygen atoms in total. The lowest BCUT2D eigenvalue weighted by molar-refractivity contribution is -0.129. The number of benzene rings is 1. The first-order valence-electron chi connectivity index (χ1n) is 5.48. The van der Waals surface area contributed by atoms with E-state index >= 15 is 0 Å². The summed E-state index contributed by atoms with van der Waals surface area (Å²) in [6.45, 7) is -0.521. The van der Waals surface area contributed by atoms with Crippen molar-refractivity contribution in [3.8, 4) is 5.75 Å². The van der Waals surface area contributed by atoms with Crippen molar-refractivity contribution in [2.45, 2.75) is 18.6 Å². The highest BCUT2D eigenvalue weighted by atomic mass is 19.4. The van der Waals surface area contributed by atoms with Crippen molar-refractivity contribution in [3.63, 3.8) is 0 Å². The molecule has 0 saturated heterocycles. The van der Waals surface area contributed by atoms with E-state index in [1.165, 1.54) is 26.2 Å². The second-order valence-corrected chi connectivity index (χ2v) is 4.31. The lowest BCUT2D eigenvalue weighted by Gasteiger charge is -2.30. The first-order chi connectivity index (χ1) is 8.72. The topological polar surface area (TPSA) is 41.5 Å². The highest BCUT2D eigenvalue weighted by Gasteiger charge is 2.33. The van der Waals surface area contributed by atoms with E-state index in [1.807, 2.05) is 0 Å². The number of ether oxygens (including phenoxy) is 1. The van der Waals surface area contributed by atoms with Crippen molar-refractivity contribution < 1.29 is 27.4 Å². The zero-order valence-electron chi connectivity index (χ0n) is 10.5. The molecule has 0 amide bonds. The molecule has 0 heterocycles. The van der Waals surface area contributed by atoms with Crippen molar-refractivity contribution in [2.75, 3.05) is 20.3 Å². The maximum Gasteiger partial charge on any atom is 0.401 e. The van der Waals surface area contributed by atoms with Crippen LogP contribution in [0.15, 0.2) is 18.2 Å². The average Bonchev–Trinajstić information content (AvgIpc) is 2.35. The molecular formula is C12H15F4NO2. The SMILES string of the molecule is COc1ccc(C(C)(CO)NCC(F)(F)F)cc1F. The first-order valence-corrected chi connectivity index (χ1v) is 5.48. The van der Waals surface area contributed by atoms with E-state index in [4.69, 9.17) is 4.74 Å². The molecule has 1 aromatic carbocycles. The molecule has 19 heavy (non-hydrogen) atoms. The van der Waals surface area contributed by atoms with Crippen molar-refractivity contribution in [2.24, 2.45) is 0 Å². The van der Waals surface area contributed by atoms with Gasteiger partial charge in [0.15, 0.2) is 11.6 Å². The standard InChI is InChI=1S/C12H15F4NO2/c1-11(7-18,17-6-12(14,15)16)8-3-4-10(19-2)9(13)5-8/h3-5,17-18H,6-7H2,1-2H3. The highest BCUT2D eigenvalue weighted by Crippen LogP contribution is 2.26. The number of aliphatic hydroxyl groups is 1. The summed E-state index contributed by atoms with van der Waals surface area (Å²) in [7, 11) is 1.28. The largest absolute Gasteiger partial charge is 0.494 e. The van der Waals surface area contributed by atoms with Crippen LogP contribution in [0.4, 0.5) is 17.6 Å². The van der Waals surface area contributed by atoms with Gasteiger partial charge in [-0.05, 0) is 24.6 Å². The molecule has 0 spiro atoms. The van der Waals surface area contributed by atoms with Crippen LogP contribution in [0.3, 0.4) is 0 Å². The Morgan fingerprint density at radius 2 is 1.95 bits per heavy atom. The number of methoxy groups -OCH3 is 1. The summed E-state index contributed by atoms with van der Waals surface area (Å²) in [5.41, 5.74) is -1.18. The van der Waals surface area contributed by atoms with Gasteiger partial charge in [0.25, 0.3) is 0 Å². The number of rotatable bonds is 5. The van der Waals surface area contributed by atoms with Crippen LogP contribution in [0, 0.1) is 5.82 Å².